The van der Waals surface area contributed by atoms with E-state index in [9.17, 15) is 9.59 Å². The maximum absolute atomic E-state index is 12.5. The van der Waals surface area contributed by atoms with Gasteiger partial charge in [0.1, 0.15) is 0 Å². The number of nitrogens with zero attached hydrogens (tertiary/aromatic N) is 4. The summed E-state index contributed by atoms with van der Waals surface area (Å²) in [6.07, 6.45) is 0.131. The van der Waals surface area contributed by atoms with Gasteiger partial charge in [0.05, 0.1) is 5.92 Å². The Morgan fingerprint density at radius 1 is 1.06 bits per heavy atom. The second-order valence-electron chi connectivity index (χ2n) is 7.19. The van der Waals surface area contributed by atoms with Crippen LogP contribution in [0.4, 0.5) is 17.6 Å². The fourth-order valence-corrected chi connectivity index (χ4v) is 3.35. The Morgan fingerprint density at radius 2 is 1.77 bits per heavy atom. The lowest BCUT2D eigenvalue weighted by atomic mass is 10.1. The summed E-state index contributed by atoms with van der Waals surface area (Å²) < 4.78 is 5.37. The summed E-state index contributed by atoms with van der Waals surface area (Å²) in [5, 5.41) is 3.03. The van der Waals surface area contributed by atoms with E-state index >= 15 is 0 Å². The van der Waals surface area contributed by atoms with Crippen LogP contribution in [0.15, 0.2) is 60.7 Å². The molecule has 1 atom stereocenters. The minimum Gasteiger partial charge on any atom is -0.457 e. The van der Waals surface area contributed by atoms with Gasteiger partial charge in [-0.2, -0.15) is 15.0 Å². The molecule has 2 heterocycles. The molecule has 31 heavy (non-hydrogen) atoms. The third-order valence-corrected chi connectivity index (χ3v) is 4.84. The average molecular weight is 418 g/mol. The molecule has 3 N–H and O–H groups in total. The first-order chi connectivity index (χ1) is 15.1. The molecule has 0 unspecified atom stereocenters. The number of aromatic nitrogens is 3. The van der Waals surface area contributed by atoms with Gasteiger partial charge in [-0.3, -0.25) is 9.59 Å². The van der Waals surface area contributed by atoms with Gasteiger partial charge in [-0.1, -0.05) is 48.5 Å². The number of likely N-dealkylation sites (tertiary alicyclic amines) is 1. The molecule has 0 radical (unpaired) electrons. The van der Waals surface area contributed by atoms with Crippen LogP contribution in [-0.2, 0) is 27.5 Å². The van der Waals surface area contributed by atoms with Crippen LogP contribution >= 0.6 is 0 Å². The van der Waals surface area contributed by atoms with Crippen molar-refractivity contribution in [3.63, 3.8) is 0 Å². The van der Waals surface area contributed by atoms with Gasteiger partial charge in [0, 0.05) is 25.2 Å². The first kappa shape index (κ1) is 20.3. The van der Waals surface area contributed by atoms with Gasteiger partial charge < -0.3 is 20.7 Å². The zero-order valence-electron chi connectivity index (χ0n) is 16.8. The van der Waals surface area contributed by atoms with Gasteiger partial charge in [0.2, 0.25) is 17.8 Å². The van der Waals surface area contributed by atoms with Crippen molar-refractivity contribution in [2.45, 2.75) is 19.6 Å². The largest absolute Gasteiger partial charge is 0.457 e. The van der Waals surface area contributed by atoms with Gasteiger partial charge in [0.15, 0.2) is 12.4 Å². The van der Waals surface area contributed by atoms with Crippen LogP contribution in [0.3, 0.4) is 0 Å². The molecular weight excluding hydrogens is 396 g/mol. The van der Waals surface area contributed by atoms with Gasteiger partial charge >= 0.3 is 5.97 Å². The molecule has 1 saturated heterocycles. The molecule has 9 heteroatoms. The van der Waals surface area contributed by atoms with Crippen molar-refractivity contribution in [2.24, 2.45) is 5.92 Å². The number of nitrogens with two attached hydrogens (primary N) is 1. The second kappa shape index (κ2) is 9.21. The van der Waals surface area contributed by atoms with E-state index in [1.54, 1.807) is 4.90 Å². The molecule has 0 saturated carbocycles. The summed E-state index contributed by atoms with van der Waals surface area (Å²) in [5.74, 6) is -0.536. The number of anilines is 3. The number of para-hydroxylation sites is 1. The van der Waals surface area contributed by atoms with Gasteiger partial charge in [-0.15, -0.1) is 0 Å². The molecule has 1 aliphatic heterocycles. The lowest BCUT2D eigenvalue weighted by Gasteiger charge is -2.16. The van der Waals surface area contributed by atoms with E-state index in [1.807, 2.05) is 60.7 Å². The average Bonchev–Trinajstić information content (AvgIpc) is 3.13. The number of nitrogen functional groups attached to an aromatic ring is 1. The van der Waals surface area contributed by atoms with Crippen molar-refractivity contribution in [3.05, 3.63) is 72.1 Å². The number of ether oxygens (including phenoxy) is 1. The molecule has 1 aliphatic rings. The Bertz CT molecular complexity index is 1060. The number of hydrogen-bond donors (Lipinski definition) is 2. The number of nitrogens with one attached hydrogen (secondary N) is 1. The summed E-state index contributed by atoms with van der Waals surface area (Å²) in [5.41, 5.74) is 7.57. The molecule has 1 fully saturated rings. The number of benzene rings is 2. The molecule has 0 bridgehead atoms. The van der Waals surface area contributed by atoms with Crippen molar-refractivity contribution in [1.82, 2.24) is 19.9 Å². The van der Waals surface area contributed by atoms with E-state index in [-0.39, 0.29) is 36.7 Å². The normalized spacial score (nSPS) is 15.7. The van der Waals surface area contributed by atoms with Crippen LogP contribution in [0.5, 0.6) is 0 Å². The highest BCUT2D eigenvalue weighted by atomic mass is 16.5. The summed E-state index contributed by atoms with van der Waals surface area (Å²) in [6, 6.07) is 19.0. The topological polar surface area (TPSA) is 123 Å². The van der Waals surface area contributed by atoms with Gasteiger partial charge in [-0.25, -0.2) is 0 Å². The van der Waals surface area contributed by atoms with Gasteiger partial charge in [-0.05, 0) is 17.7 Å². The highest BCUT2D eigenvalue weighted by Gasteiger charge is 2.35. The summed E-state index contributed by atoms with van der Waals surface area (Å²) >= 11 is 0. The Kier molecular flexibility index (Phi) is 6.02. The van der Waals surface area contributed by atoms with Crippen LogP contribution in [-0.4, -0.2) is 38.3 Å². The zero-order valence-corrected chi connectivity index (χ0v) is 16.8. The first-order valence-electron chi connectivity index (χ1n) is 9.87. The molecule has 2 aromatic carbocycles. The van der Waals surface area contributed by atoms with E-state index in [1.165, 1.54) is 0 Å². The summed E-state index contributed by atoms with van der Waals surface area (Å²) in [6.45, 7) is 0.646. The number of rotatable bonds is 7. The molecule has 4 rings (SSSR count). The lowest BCUT2D eigenvalue weighted by Crippen LogP contribution is -2.26. The Morgan fingerprint density at radius 3 is 2.52 bits per heavy atom. The van der Waals surface area contributed by atoms with Crippen molar-refractivity contribution >= 4 is 29.5 Å². The maximum Gasteiger partial charge on any atom is 0.311 e. The van der Waals surface area contributed by atoms with E-state index in [4.69, 9.17) is 10.5 Å². The molecule has 0 spiro atoms. The highest BCUT2D eigenvalue weighted by molar-refractivity contribution is 5.86. The molecule has 0 aliphatic carbocycles. The third-order valence-electron chi connectivity index (χ3n) is 4.84. The van der Waals surface area contributed by atoms with Crippen molar-refractivity contribution in [1.29, 1.82) is 0 Å². The van der Waals surface area contributed by atoms with E-state index in [2.05, 4.69) is 20.3 Å². The quantitative estimate of drug-likeness (QED) is 0.560. The minimum absolute atomic E-state index is 0.0181. The minimum atomic E-state index is -0.516. The summed E-state index contributed by atoms with van der Waals surface area (Å²) in [7, 11) is 0. The third kappa shape index (κ3) is 5.33. The predicted octanol–water partition coefficient (Wildman–Crippen LogP) is 2.29. The van der Waals surface area contributed by atoms with Crippen LogP contribution in [0.2, 0.25) is 0 Å². The number of carbonyl (C=O) groups is 2. The van der Waals surface area contributed by atoms with Crippen LogP contribution < -0.4 is 11.1 Å². The molecular formula is C22H22N6O3. The second-order valence-corrected chi connectivity index (χ2v) is 7.19. The Hall–Kier alpha value is -4.01. The monoisotopic (exact) mass is 418 g/mol. The molecule has 3 aromatic rings. The Balaban J connectivity index is 1.34. The molecule has 1 aromatic heterocycles. The van der Waals surface area contributed by atoms with Crippen molar-refractivity contribution in [3.8, 4) is 0 Å². The van der Waals surface area contributed by atoms with E-state index in [0.29, 0.717) is 13.1 Å². The molecule has 1 amide bonds. The maximum atomic E-state index is 12.5. The predicted molar refractivity (Wildman–Crippen MR) is 114 cm³/mol. The van der Waals surface area contributed by atoms with Crippen LogP contribution in [0, 0.1) is 5.92 Å². The Labute approximate surface area is 179 Å². The lowest BCUT2D eigenvalue weighted by molar-refractivity contribution is -0.150. The molecule has 9 nitrogen and oxygen atoms in total. The SMILES string of the molecule is Nc1nc(COC(=O)[C@H]2CC(=O)N(Cc3ccccc3)C2)nc(Nc2ccccc2)n1. The first-order valence-corrected chi connectivity index (χ1v) is 9.87. The fraction of sp³-hybridized carbons (Fsp3) is 0.227. The fourth-order valence-electron chi connectivity index (χ4n) is 3.35. The van der Waals surface area contributed by atoms with Crippen LogP contribution in [0.25, 0.3) is 0 Å². The van der Waals surface area contributed by atoms with E-state index < -0.39 is 11.9 Å². The number of hydrogen-bond acceptors (Lipinski definition) is 8. The number of carbonyl (C=O) groups excluding carboxylic acids is 2. The van der Waals surface area contributed by atoms with E-state index in [0.717, 1.165) is 11.3 Å². The highest BCUT2D eigenvalue weighted by Crippen LogP contribution is 2.22. The standard InChI is InChI=1S/C22H22N6O3/c23-21-25-18(26-22(27-21)24-17-9-5-2-6-10-17)14-31-20(30)16-11-19(29)28(13-16)12-15-7-3-1-4-8-15/h1-10,16H,11-14H2,(H3,23,24,25,26,27)/t16-/m0/s1. The van der Waals surface area contributed by atoms with Crippen molar-refractivity contribution < 1.29 is 14.3 Å². The van der Waals surface area contributed by atoms with Crippen molar-refractivity contribution in [2.75, 3.05) is 17.6 Å². The number of esters is 1. The van der Waals surface area contributed by atoms with Gasteiger partial charge in [0.25, 0.3) is 0 Å². The summed E-state index contributed by atoms with van der Waals surface area (Å²) in [4.78, 5) is 38.8. The molecule has 158 valence electrons. The number of amides is 1. The van der Waals surface area contributed by atoms with Crippen LogP contribution in [0.1, 0.15) is 17.8 Å². The smallest absolute Gasteiger partial charge is 0.311 e. The zero-order chi connectivity index (χ0) is 21.6.